The van der Waals surface area contributed by atoms with Gasteiger partial charge in [-0.15, -0.1) is 10.2 Å². The Bertz CT molecular complexity index is 764. The minimum atomic E-state index is -0.260. The van der Waals surface area contributed by atoms with E-state index in [9.17, 15) is 9.18 Å². The molecule has 142 valence electrons. The Morgan fingerprint density at radius 1 is 0.963 bits per heavy atom. The number of piperazine rings is 1. The molecular weight excluding hydrogens is 343 g/mol. The van der Waals surface area contributed by atoms with Crippen molar-refractivity contribution in [2.75, 3.05) is 31.1 Å². The first kappa shape index (κ1) is 17.9. The van der Waals surface area contributed by atoms with Gasteiger partial charge in [-0.05, 0) is 55.2 Å². The molecule has 2 fully saturated rings. The largest absolute Gasteiger partial charge is 0.352 e. The van der Waals surface area contributed by atoms with Crippen LogP contribution in [0.4, 0.5) is 10.2 Å². The van der Waals surface area contributed by atoms with Crippen molar-refractivity contribution < 1.29 is 9.18 Å². The Labute approximate surface area is 159 Å². The number of halogens is 1. The van der Waals surface area contributed by atoms with Crippen molar-refractivity contribution >= 4 is 11.7 Å². The maximum atomic E-state index is 13.0. The van der Waals surface area contributed by atoms with Crippen LogP contribution in [0.3, 0.4) is 0 Å². The molecule has 6 heteroatoms. The molecule has 1 saturated heterocycles. The van der Waals surface area contributed by atoms with Gasteiger partial charge in [0.25, 0.3) is 0 Å². The zero-order valence-corrected chi connectivity index (χ0v) is 15.5. The van der Waals surface area contributed by atoms with E-state index in [0.717, 1.165) is 43.3 Å². The zero-order chi connectivity index (χ0) is 18.6. The van der Waals surface area contributed by atoms with E-state index < -0.39 is 0 Å². The number of anilines is 1. The fourth-order valence-corrected chi connectivity index (χ4v) is 4.04. The molecule has 0 bridgehead atoms. The summed E-state index contributed by atoms with van der Waals surface area (Å²) in [6, 6.07) is 10.1. The van der Waals surface area contributed by atoms with Gasteiger partial charge in [-0.1, -0.05) is 12.8 Å². The molecular formula is C21H25FN4O. The highest BCUT2D eigenvalue weighted by Gasteiger charge is 2.25. The van der Waals surface area contributed by atoms with E-state index in [-0.39, 0.29) is 5.82 Å². The molecule has 0 radical (unpaired) electrons. The number of amides is 1. The van der Waals surface area contributed by atoms with E-state index in [1.165, 1.54) is 37.8 Å². The molecule has 2 aromatic rings. The molecule has 1 aromatic heterocycles. The van der Waals surface area contributed by atoms with Gasteiger partial charge in [0.2, 0.25) is 5.91 Å². The molecule has 27 heavy (non-hydrogen) atoms. The molecule has 2 aliphatic rings. The lowest BCUT2D eigenvalue weighted by Crippen LogP contribution is -2.49. The van der Waals surface area contributed by atoms with Crippen molar-refractivity contribution in [2.45, 2.75) is 32.1 Å². The summed E-state index contributed by atoms with van der Waals surface area (Å²) in [5, 5.41) is 8.61. The van der Waals surface area contributed by atoms with Crippen molar-refractivity contribution in [3.05, 3.63) is 42.2 Å². The summed E-state index contributed by atoms with van der Waals surface area (Å²) in [6.45, 7) is 3.04. The van der Waals surface area contributed by atoms with Gasteiger partial charge in [0.1, 0.15) is 5.82 Å². The Balaban J connectivity index is 1.32. The summed E-state index contributed by atoms with van der Waals surface area (Å²) in [5.74, 6) is 1.46. The zero-order valence-electron chi connectivity index (χ0n) is 15.5. The lowest BCUT2D eigenvalue weighted by Gasteiger charge is -2.35. The van der Waals surface area contributed by atoms with Gasteiger partial charge in [0.05, 0.1) is 5.69 Å². The van der Waals surface area contributed by atoms with Crippen molar-refractivity contribution in [1.29, 1.82) is 0 Å². The fraction of sp³-hybridized carbons (Fsp3) is 0.476. The quantitative estimate of drug-likeness (QED) is 0.829. The van der Waals surface area contributed by atoms with E-state index in [1.54, 1.807) is 12.1 Å². The highest BCUT2D eigenvalue weighted by Crippen LogP contribution is 2.28. The van der Waals surface area contributed by atoms with Gasteiger partial charge in [0, 0.05) is 38.2 Å². The molecule has 1 aliphatic carbocycles. The standard InChI is InChI=1S/C21H25FN4O/c22-18-7-5-17(6-8-18)19-9-10-20(24-23-19)25-11-13-26(14-12-25)21(27)15-16-3-1-2-4-16/h5-10,16H,1-4,11-15H2. The van der Waals surface area contributed by atoms with Crippen molar-refractivity contribution in [3.8, 4) is 11.3 Å². The highest BCUT2D eigenvalue weighted by molar-refractivity contribution is 5.76. The predicted octanol–water partition coefficient (Wildman–Crippen LogP) is 3.51. The SMILES string of the molecule is O=C(CC1CCCC1)N1CCN(c2ccc(-c3ccc(F)cc3)nn2)CC1. The Hall–Kier alpha value is -2.50. The Kier molecular flexibility index (Phi) is 5.32. The second-order valence-corrected chi connectivity index (χ2v) is 7.51. The molecule has 0 N–H and O–H groups in total. The summed E-state index contributed by atoms with van der Waals surface area (Å²) in [4.78, 5) is 16.6. The number of benzene rings is 1. The van der Waals surface area contributed by atoms with Crippen molar-refractivity contribution in [1.82, 2.24) is 15.1 Å². The number of carbonyl (C=O) groups excluding carboxylic acids is 1. The topological polar surface area (TPSA) is 49.3 Å². The van der Waals surface area contributed by atoms with Crippen LogP contribution in [-0.2, 0) is 4.79 Å². The first-order valence-corrected chi connectivity index (χ1v) is 9.81. The number of carbonyl (C=O) groups is 1. The monoisotopic (exact) mass is 368 g/mol. The van der Waals surface area contributed by atoms with Gasteiger partial charge in [-0.3, -0.25) is 4.79 Å². The fourth-order valence-electron chi connectivity index (χ4n) is 4.04. The molecule has 0 unspecified atom stereocenters. The lowest BCUT2D eigenvalue weighted by atomic mass is 10.0. The first-order chi connectivity index (χ1) is 13.2. The summed E-state index contributed by atoms with van der Waals surface area (Å²) in [6.07, 6.45) is 5.69. The molecule has 0 spiro atoms. The Morgan fingerprint density at radius 2 is 1.67 bits per heavy atom. The summed E-state index contributed by atoms with van der Waals surface area (Å²) in [7, 11) is 0. The lowest BCUT2D eigenvalue weighted by molar-refractivity contribution is -0.132. The molecule has 1 amide bonds. The molecule has 0 atom stereocenters. The van der Waals surface area contributed by atoms with Gasteiger partial charge in [0.15, 0.2) is 5.82 Å². The average molecular weight is 368 g/mol. The third-order valence-electron chi connectivity index (χ3n) is 5.68. The molecule has 1 aromatic carbocycles. The third kappa shape index (κ3) is 4.26. The normalized spacial score (nSPS) is 18.1. The number of aromatic nitrogens is 2. The predicted molar refractivity (Wildman–Crippen MR) is 103 cm³/mol. The molecule has 1 saturated carbocycles. The van der Waals surface area contributed by atoms with Crippen LogP contribution in [0.5, 0.6) is 0 Å². The van der Waals surface area contributed by atoms with Gasteiger partial charge < -0.3 is 9.80 Å². The molecule has 4 rings (SSSR count). The minimum Gasteiger partial charge on any atom is -0.352 e. The van der Waals surface area contributed by atoms with Crippen LogP contribution in [0, 0.1) is 11.7 Å². The maximum Gasteiger partial charge on any atom is 0.222 e. The van der Waals surface area contributed by atoms with Crippen molar-refractivity contribution in [2.24, 2.45) is 5.92 Å². The van der Waals surface area contributed by atoms with E-state index in [0.29, 0.717) is 18.2 Å². The third-order valence-corrected chi connectivity index (χ3v) is 5.68. The van der Waals surface area contributed by atoms with Crippen LogP contribution < -0.4 is 4.90 Å². The Morgan fingerprint density at radius 3 is 2.30 bits per heavy atom. The van der Waals surface area contributed by atoms with Gasteiger partial charge in [-0.25, -0.2) is 4.39 Å². The van der Waals surface area contributed by atoms with Gasteiger partial charge >= 0.3 is 0 Å². The molecule has 2 heterocycles. The molecule has 1 aliphatic heterocycles. The summed E-state index contributed by atoms with van der Waals surface area (Å²) in [5.41, 5.74) is 1.57. The number of hydrogen-bond donors (Lipinski definition) is 0. The second kappa shape index (κ2) is 8.03. The van der Waals surface area contributed by atoms with Crippen LogP contribution in [-0.4, -0.2) is 47.2 Å². The maximum absolute atomic E-state index is 13.0. The summed E-state index contributed by atoms with van der Waals surface area (Å²) >= 11 is 0. The van der Waals surface area contributed by atoms with E-state index in [1.807, 2.05) is 17.0 Å². The van der Waals surface area contributed by atoms with E-state index in [4.69, 9.17) is 0 Å². The first-order valence-electron chi connectivity index (χ1n) is 9.81. The van der Waals surface area contributed by atoms with Crippen LogP contribution >= 0.6 is 0 Å². The van der Waals surface area contributed by atoms with E-state index >= 15 is 0 Å². The van der Waals surface area contributed by atoms with E-state index in [2.05, 4.69) is 15.1 Å². The highest BCUT2D eigenvalue weighted by atomic mass is 19.1. The number of hydrogen-bond acceptors (Lipinski definition) is 4. The number of rotatable bonds is 4. The van der Waals surface area contributed by atoms with Gasteiger partial charge in [-0.2, -0.15) is 0 Å². The molecule has 5 nitrogen and oxygen atoms in total. The smallest absolute Gasteiger partial charge is 0.222 e. The van der Waals surface area contributed by atoms with Crippen LogP contribution in [0.25, 0.3) is 11.3 Å². The van der Waals surface area contributed by atoms with Crippen molar-refractivity contribution in [3.63, 3.8) is 0 Å². The average Bonchev–Trinajstić information content (AvgIpc) is 3.22. The summed E-state index contributed by atoms with van der Waals surface area (Å²) < 4.78 is 13.0. The van der Waals surface area contributed by atoms with Crippen LogP contribution in [0.2, 0.25) is 0 Å². The number of nitrogens with zero attached hydrogens (tertiary/aromatic N) is 4. The second-order valence-electron chi connectivity index (χ2n) is 7.51. The van der Waals surface area contributed by atoms with Crippen LogP contribution in [0.15, 0.2) is 36.4 Å². The van der Waals surface area contributed by atoms with Crippen LogP contribution in [0.1, 0.15) is 32.1 Å². The minimum absolute atomic E-state index is 0.260.